The second-order valence-electron chi connectivity index (χ2n) is 2.90. The lowest BCUT2D eigenvalue weighted by Crippen LogP contribution is -2.43. The van der Waals surface area contributed by atoms with Gasteiger partial charge in [-0.3, -0.25) is 0 Å². The number of para-hydroxylation sites is 1. The molecule has 0 radical (unpaired) electrons. The van der Waals surface area contributed by atoms with E-state index in [2.05, 4.69) is 5.73 Å². The summed E-state index contributed by atoms with van der Waals surface area (Å²) >= 11 is 0. The molecular weight excluding hydrogens is 255 g/mol. The first kappa shape index (κ1) is 12.6. The highest BCUT2D eigenvalue weighted by Gasteiger charge is 2.71. The summed E-state index contributed by atoms with van der Waals surface area (Å²) in [5.74, 6) is 0. The van der Waals surface area contributed by atoms with Crippen LogP contribution in [0.4, 0.5) is 29.9 Å². The number of anilines is 1. The molecule has 0 aliphatic rings. The Labute approximate surface area is 87.5 Å². The van der Waals surface area contributed by atoms with E-state index >= 15 is 0 Å². The second kappa shape index (κ2) is 2.78. The third-order valence-electron chi connectivity index (χ3n) is 1.54. The summed E-state index contributed by atoms with van der Waals surface area (Å²) in [6.07, 6.45) is 0. The molecule has 0 heterocycles. The SMILES string of the molecule is NC(=O)N(c1ccccc1)S(F)(F)(F)(F)F. The van der Waals surface area contributed by atoms with Crippen LogP contribution in [0.1, 0.15) is 0 Å². The van der Waals surface area contributed by atoms with Gasteiger partial charge in [-0.25, -0.2) is 4.79 Å². The maximum Gasteiger partial charge on any atom is 0.372 e. The van der Waals surface area contributed by atoms with E-state index < -0.39 is 26.4 Å². The van der Waals surface area contributed by atoms with Gasteiger partial charge in [0.05, 0.1) is 5.69 Å². The number of nitrogens with two attached hydrogens (primary N) is 1. The van der Waals surface area contributed by atoms with Crippen molar-refractivity contribution in [1.29, 1.82) is 0 Å². The van der Waals surface area contributed by atoms with E-state index in [4.69, 9.17) is 0 Å². The van der Waals surface area contributed by atoms with Gasteiger partial charge in [-0.1, -0.05) is 37.6 Å². The predicted molar refractivity (Wildman–Crippen MR) is 51.6 cm³/mol. The maximum absolute atomic E-state index is 12.4. The number of carbonyl (C=O) groups excluding carboxylic acids is 1. The lowest BCUT2D eigenvalue weighted by atomic mass is 10.3. The van der Waals surface area contributed by atoms with Gasteiger partial charge in [0.15, 0.2) is 0 Å². The molecule has 0 bridgehead atoms. The number of halogens is 5. The van der Waals surface area contributed by atoms with Crippen LogP contribution < -0.4 is 10.0 Å². The minimum atomic E-state index is -10.1. The van der Waals surface area contributed by atoms with Crippen molar-refractivity contribution in [3.8, 4) is 0 Å². The Morgan fingerprint density at radius 1 is 1.06 bits per heavy atom. The zero-order valence-electron chi connectivity index (χ0n) is 7.62. The van der Waals surface area contributed by atoms with Crippen molar-refractivity contribution in [1.82, 2.24) is 0 Å². The molecule has 16 heavy (non-hydrogen) atoms. The molecule has 0 saturated heterocycles. The molecule has 2 N–H and O–H groups in total. The number of carbonyl (C=O) groups is 1. The summed E-state index contributed by atoms with van der Waals surface area (Å²) in [4.78, 5) is 10.5. The van der Waals surface area contributed by atoms with Crippen molar-refractivity contribution < 1.29 is 24.2 Å². The molecule has 0 aliphatic carbocycles. The Balaban J connectivity index is 3.41. The average Bonchev–Trinajstić information content (AvgIpc) is 1.99. The van der Waals surface area contributed by atoms with Gasteiger partial charge < -0.3 is 5.73 Å². The van der Waals surface area contributed by atoms with Crippen molar-refractivity contribution in [2.45, 2.75) is 0 Å². The fourth-order valence-electron chi connectivity index (χ4n) is 1.06. The topological polar surface area (TPSA) is 46.3 Å². The normalized spacial score (nSPS) is 16.1. The molecule has 9 heteroatoms. The lowest BCUT2D eigenvalue weighted by Gasteiger charge is -2.47. The zero-order chi connectivity index (χ0) is 12.7. The molecular formula is C7H7F5N2OS. The summed E-state index contributed by atoms with van der Waals surface area (Å²) in [5.41, 5.74) is 3.32. The van der Waals surface area contributed by atoms with Crippen LogP contribution in [0.15, 0.2) is 30.3 Å². The van der Waals surface area contributed by atoms with Gasteiger partial charge in [-0.05, 0) is 12.1 Å². The number of benzene rings is 1. The molecule has 1 aromatic rings. The summed E-state index contributed by atoms with van der Waals surface area (Å²) in [5, 5.41) is 0. The summed E-state index contributed by atoms with van der Waals surface area (Å²) in [6, 6.07) is 2.62. The first-order valence-electron chi connectivity index (χ1n) is 3.80. The molecule has 92 valence electrons. The molecule has 0 atom stereocenters. The van der Waals surface area contributed by atoms with E-state index in [1.807, 2.05) is 0 Å². The molecule has 0 spiro atoms. The molecule has 0 aromatic heterocycles. The third-order valence-corrected chi connectivity index (χ3v) is 2.62. The molecule has 1 aromatic carbocycles. The van der Waals surface area contributed by atoms with Crippen LogP contribution in [0.3, 0.4) is 0 Å². The minimum absolute atomic E-state index is 0.711. The molecule has 0 aliphatic heterocycles. The number of hydrogen-bond donors (Lipinski definition) is 1. The van der Waals surface area contributed by atoms with Crippen molar-refractivity contribution in [2.75, 3.05) is 4.31 Å². The van der Waals surface area contributed by atoms with Crippen LogP contribution in [0.25, 0.3) is 0 Å². The van der Waals surface area contributed by atoms with Gasteiger partial charge in [0.25, 0.3) is 0 Å². The smallest absolute Gasteiger partial charge is 0.350 e. The lowest BCUT2D eigenvalue weighted by molar-refractivity contribution is 0.253. The fourth-order valence-corrected chi connectivity index (χ4v) is 1.92. The van der Waals surface area contributed by atoms with Crippen LogP contribution in [0, 0.1) is 0 Å². The van der Waals surface area contributed by atoms with Crippen molar-refractivity contribution in [3.05, 3.63) is 30.3 Å². The van der Waals surface area contributed by atoms with Crippen molar-refractivity contribution in [2.24, 2.45) is 5.73 Å². The van der Waals surface area contributed by atoms with Gasteiger partial charge >= 0.3 is 16.4 Å². The Morgan fingerprint density at radius 2 is 1.50 bits per heavy atom. The highest BCUT2D eigenvalue weighted by atomic mass is 32.5. The maximum atomic E-state index is 12.4. The Hall–Kier alpha value is -1.51. The Morgan fingerprint density at radius 3 is 1.81 bits per heavy atom. The number of rotatable bonds is 2. The van der Waals surface area contributed by atoms with Gasteiger partial charge in [0.2, 0.25) is 0 Å². The van der Waals surface area contributed by atoms with Crippen molar-refractivity contribution in [3.63, 3.8) is 0 Å². The van der Waals surface area contributed by atoms with Crippen LogP contribution in [-0.2, 0) is 0 Å². The molecule has 1 rings (SSSR count). The Kier molecular flexibility index (Phi) is 2.19. The van der Waals surface area contributed by atoms with E-state index in [0.29, 0.717) is 12.1 Å². The number of amides is 2. The monoisotopic (exact) mass is 262 g/mol. The van der Waals surface area contributed by atoms with Crippen LogP contribution in [-0.4, -0.2) is 6.03 Å². The summed E-state index contributed by atoms with van der Waals surface area (Å²) < 4.78 is 60.6. The predicted octanol–water partition coefficient (Wildman–Crippen LogP) is 3.79. The summed E-state index contributed by atoms with van der Waals surface area (Å²) in [6.45, 7) is 0. The van der Waals surface area contributed by atoms with Crippen molar-refractivity contribution >= 4 is 22.1 Å². The first-order chi connectivity index (χ1) is 6.91. The van der Waals surface area contributed by atoms with Crippen LogP contribution in [0.5, 0.6) is 0 Å². The average molecular weight is 262 g/mol. The fraction of sp³-hybridized carbons (Fsp3) is 0. The molecule has 2 amide bonds. The molecule has 0 fully saturated rings. The Bertz CT molecular complexity index is 417. The van der Waals surface area contributed by atoms with Gasteiger partial charge in [-0.2, -0.15) is 4.31 Å². The van der Waals surface area contributed by atoms with E-state index in [1.54, 1.807) is 0 Å². The summed E-state index contributed by atoms with van der Waals surface area (Å²) in [7, 11) is -10.1. The number of nitrogens with zero attached hydrogens (tertiary/aromatic N) is 1. The molecule has 3 nitrogen and oxygen atoms in total. The highest BCUT2D eigenvalue weighted by molar-refractivity contribution is 8.47. The number of urea groups is 1. The zero-order valence-corrected chi connectivity index (χ0v) is 8.43. The second-order valence-corrected chi connectivity index (χ2v) is 5.12. The van der Waals surface area contributed by atoms with Crippen LogP contribution >= 0.6 is 10.4 Å². The molecule has 0 unspecified atom stereocenters. The molecule has 0 saturated carbocycles. The van der Waals surface area contributed by atoms with Gasteiger partial charge in [-0.15, -0.1) is 0 Å². The van der Waals surface area contributed by atoms with E-state index in [-0.39, 0.29) is 0 Å². The van der Waals surface area contributed by atoms with E-state index in [1.165, 1.54) is 6.07 Å². The highest BCUT2D eigenvalue weighted by Crippen LogP contribution is 2.99. The quantitative estimate of drug-likeness (QED) is 0.810. The van der Waals surface area contributed by atoms with Gasteiger partial charge in [0, 0.05) is 0 Å². The number of hydrogen-bond acceptors (Lipinski definition) is 1. The first-order valence-corrected chi connectivity index (χ1v) is 5.71. The minimum Gasteiger partial charge on any atom is -0.350 e. The van der Waals surface area contributed by atoms with Gasteiger partial charge in [0.1, 0.15) is 0 Å². The third kappa shape index (κ3) is 2.75. The number of primary amides is 1. The van der Waals surface area contributed by atoms with E-state index in [9.17, 15) is 24.2 Å². The van der Waals surface area contributed by atoms with Crippen LogP contribution in [0.2, 0.25) is 0 Å². The largest absolute Gasteiger partial charge is 0.372 e. The van der Waals surface area contributed by atoms with E-state index in [0.717, 1.165) is 12.1 Å². The standard InChI is InChI=1S/C7H7F5N2OS/c8-16(9,10,11,12)14(7(13)15)6-4-2-1-3-5-6/h1-5H,(H2,13,15).